The Labute approximate surface area is 125 Å². The molecule has 1 aromatic carbocycles. The van der Waals surface area contributed by atoms with Crippen molar-refractivity contribution >= 4 is 23.2 Å². The van der Waals surface area contributed by atoms with Crippen LogP contribution in [0.3, 0.4) is 0 Å². The van der Waals surface area contributed by atoms with E-state index < -0.39 is 11.7 Å². The molecule has 0 aliphatic carbocycles. The molecule has 0 aliphatic heterocycles. The summed E-state index contributed by atoms with van der Waals surface area (Å²) in [7, 11) is 0. The first-order valence-electron chi connectivity index (χ1n) is 6.26. The Morgan fingerprint density at radius 2 is 1.95 bits per heavy atom. The number of rotatable bonds is 5. The quantitative estimate of drug-likeness (QED) is 0.882. The minimum absolute atomic E-state index is 0.138. The number of thiazole rings is 1. The number of aromatic nitrogens is 1. The summed E-state index contributed by atoms with van der Waals surface area (Å²) in [5.74, 6) is -1.14. The largest absolute Gasteiger partial charge is 0.348 e. The van der Waals surface area contributed by atoms with E-state index >= 15 is 0 Å². The van der Waals surface area contributed by atoms with E-state index in [4.69, 9.17) is 0 Å². The highest BCUT2D eigenvalue weighted by atomic mass is 32.1. The molecule has 2 amide bonds. The van der Waals surface area contributed by atoms with E-state index in [-0.39, 0.29) is 12.5 Å². The summed E-state index contributed by atoms with van der Waals surface area (Å²) in [5, 5.41) is 7.84. The minimum atomic E-state index is -0.421. The van der Waals surface area contributed by atoms with Crippen molar-refractivity contribution in [2.45, 2.75) is 13.5 Å². The molecule has 110 valence electrons. The van der Waals surface area contributed by atoms with Crippen molar-refractivity contribution in [1.29, 1.82) is 0 Å². The normalized spacial score (nSPS) is 10.2. The van der Waals surface area contributed by atoms with Crippen molar-refractivity contribution in [3.05, 3.63) is 51.7 Å². The highest BCUT2D eigenvalue weighted by Crippen LogP contribution is 2.07. The van der Waals surface area contributed by atoms with Crippen LogP contribution in [0.1, 0.15) is 21.1 Å². The lowest BCUT2D eigenvalue weighted by Crippen LogP contribution is -2.36. The van der Waals surface area contributed by atoms with Crippen LogP contribution in [0.15, 0.2) is 29.6 Å². The van der Waals surface area contributed by atoms with Crippen LogP contribution in [-0.2, 0) is 11.3 Å². The molecule has 0 atom stereocenters. The van der Waals surface area contributed by atoms with Gasteiger partial charge in [-0.05, 0) is 31.2 Å². The first kappa shape index (κ1) is 15.1. The Bertz CT molecular complexity index is 640. The molecule has 0 aliphatic rings. The second kappa shape index (κ2) is 6.94. The minimum Gasteiger partial charge on any atom is -0.348 e. The number of amides is 2. The van der Waals surface area contributed by atoms with E-state index in [9.17, 15) is 14.0 Å². The van der Waals surface area contributed by atoms with Gasteiger partial charge in [-0.15, -0.1) is 11.3 Å². The number of carbonyl (C=O) groups is 2. The van der Waals surface area contributed by atoms with Crippen LogP contribution in [-0.4, -0.2) is 23.3 Å². The number of nitrogens with one attached hydrogen (secondary N) is 2. The SMILES string of the molecule is Cc1csc(CNC(=O)CNC(=O)c2ccc(F)cc2)n1. The number of halogens is 1. The lowest BCUT2D eigenvalue weighted by Gasteiger charge is -2.06. The highest BCUT2D eigenvalue weighted by Gasteiger charge is 2.08. The van der Waals surface area contributed by atoms with Gasteiger partial charge in [0.1, 0.15) is 10.8 Å². The molecular formula is C14H14FN3O2S. The molecule has 2 N–H and O–H groups in total. The molecule has 21 heavy (non-hydrogen) atoms. The molecular weight excluding hydrogens is 293 g/mol. The number of carbonyl (C=O) groups excluding carboxylic acids is 2. The van der Waals surface area contributed by atoms with Gasteiger partial charge in [-0.3, -0.25) is 9.59 Å². The summed E-state index contributed by atoms with van der Waals surface area (Å²) in [6.45, 7) is 2.08. The van der Waals surface area contributed by atoms with Gasteiger partial charge in [0.2, 0.25) is 5.91 Å². The summed E-state index contributed by atoms with van der Waals surface area (Å²) < 4.78 is 12.7. The maximum Gasteiger partial charge on any atom is 0.251 e. The molecule has 2 aromatic rings. The maximum absolute atomic E-state index is 12.7. The van der Waals surface area contributed by atoms with Crippen molar-refractivity contribution in [1.82, 2.24) is 15.6 Å². The van der Waals surface area contributed by atoms with Gasteiger partial charge in [-0.25, -0.2) is 9.37 Å². The first-order chi connectivity index (χ1) is 10.0. The summed E-state index contributed by atoms with van der Waals surface area (Å²) >= 11 is 1.47. The van der Waals surface area contributed by atoms with Crippen LogP contribution in [0.5, 0.6) is 0 Å². The van der Waals surface area contributed by atoms with Gasteiger partial charge < -0.3 is 10.6 Å². The van der Waals surface area contributed by atoms with Crippen LogP contribution in [0.25, 0.3) is 0 Å². The smallest absolute Gasteiger partial charge is 0.251 e. The zero-order chi connectivity index (χ0) is 15.2. The van der Waals surface area contributed by atoms with Crippen molar-refractivity contribution in [2.24, 2.45) is 0 Å². The topological polar surface area (TPSA) is 71.1 Å². The van der Waals surface area contributed by atoms with E-state index in [1.165, 1.54) is 35.6 Å². The average Bonchev–Trinajstić information content (AvgIpc) is 2.89. The highest BCUT2D eigenvalue weighted by molar-refractivity contribution is 7.09. The van der Waals surface area contributed by atoms with Crippen molar-refractivity contribution in [3.8, 4) is 0 Å². The molecule has 0 fully saturated rings. The fourth-order valence-corrected chi connectivity index (χ4v) is 2.30. The second-order valence-corrected chi connectivity index (χ2v) is 5.29. The van der Waals surface area contributed by atoms with E-state index in [1.807, 2.05) is 12.3 Å². The van der Waals surface area contributed by atoms with Gasteiger partial charge in [0, 0.05) is 16.6 Å². The fourth-order valence-electron chi connectivity index (χ4n) is 1.58. The molecule has 1 heterocycles. The maximum atomic E-state index is 12.7. The van der Waals surface area contributed by atoms with Crippen molar-refractivity contribution in [2.75, 3.05) is 6.54 Å². The van der Waals surface area contributed by atoms with E-state index in [1.54, 1.807) is 0 Å². The van der Waals surface area contributed by atoms with Crippen LogP contribution < -0.4 is 10.6 Å². The Hall–Kier alpha value is -2.28. The lowest BCUT2D eigenvalue weighted by atomic mass is 10.2. The third-order valence-electron chi connectivity index (χ3n) is 2.62. The Morgan fingerprint density at radius 1 is 1.24 bits per heavy atom. The first-order valence-corrected chi connectivity index (χ1v) is 7.14. The molecule has 5 nitrogen and oxygen atoms in total. The Balaban J connectivity index is 1.75. The predicted octanol–water partition coefficient (Wildman–Crippen LogP) is 1.64. The Morgan fingerprint density at radius 3 is 2.57 bits per heavy atom. The molecule has 0 saturated heterocycles. The number of aryl methyl sites for hydroxylation is 1. The van der Waals surface area contributed by atoms with E-state index in [2.05, 4.69) is 15.6 Å². The van der Waals surface area contributed by atoms with Crippen molar-refractivity contribution in [3.63, 3.8) is 0 Å². The summed E-state index contributed by atoms with van der Waals surface area (Å²) in [4.78, 5) is 27.5. The van der Waals surface area contributed by atoms with Gasteiger partial charge in [0.05, 0.1) is 13.1 Å². The second-order valence-electron chi connectivity index (χ2n) is 4.35. The zero-order valence-electron chi connectivity index (χ0n) is 11.4. The van der Waals surface area contributed by atoms with Crippen LogP contribution in [0.4, 0.5) is 4.39 Å². The zero-order valence-corrected chi connectivity index (χ0v) is 12.2. The van der Waals surface area contributed by atoms with Crippen LogP contribution in [0, 0.1) is 12.7 Å². The standard InChI is InChI=1S/C14H14FN3O2S/c1-9-8-21-13(18-9)7-16-12(19)6-17-14(20)10-2-4-11(15)5-3-10/h2-5,8H,6-7H2,1H3,(H,16,19)(H,17,20). The molecule has 0 bridgehead atoms. The van der Waals surface area contributed by atoms with Gasteiger partial charge in [0.15, 0.2) is 0 Å². The van der Waals surface area contributed by atoms with Crippen molar-refractivity contribution < 1.29 is 14.0 Å². The van der Waals surface area contributed by atoms with E-state index in [0.717, 1.165) is 10.7 Å². The van der Waals surface area contributed by atoms with Crippen LogP contribution in [0.2, 0.25) is 0 Å². The predicted molar refractivity (Wildman–Crippen MR) is 77.4 cm³/mol. The molecule has 0 spiro atoms. The molecule has 7 heteroatoms. The fraction of sp³-hybridized carbons (Fsp3) is 0.214. The van der Waals surface area contributed by atoms with Gasteiger partial charge in [-0.1, -0.05) is 0 Å². The number of hydrogen-bond acceptors (Lipinski definition) is 4. The number of benzene rings is 1. The summed E-state index contributed by atoms with van der Waals surface area (Å²) in [5.41, 5.74) is 1.22. The number of nitrogens with zero attached hydrogens (tertiary/aromatic N) is 1. The van der Waals surface area contributed by atoms with Gasteiger partial charge >= 0.3 is 0 Å². The molecule has 1 aromatic heterocycles. The van der Waals surface area contributed by atoms with Gasteiger partial charge in [0.25, 0.3) is 5.91 Å². The summed E-state index contributed by atoms with van der Waals surface area (Å²) in [6, 6.07) is 5.11. The molecule has 2 rings (SSSR count). The number of hydrogen-bond donors (Lipinski definition) is 2. The summed E-state index contributed by atoms with van der Waals surface area (Å²) in [6.07, 6.45) is 0. The van der Waals surface area contributed by atoms with Gasteiger partial charge in [-0.2, -0.15) is 0 Å². The third kappa shape index (κ3) is 4.64. The van der Waals surface area contributed by atoms with Crippen LogP contribution >= 0.6 is 11.3 Å². The third-order valence-corrected chi connectivity index (χ3v) is 3.59. The Kier molecular flexibility index (Phi) is 4.99. The lowest BCUT2D eigenvalue weighted by molar-refractivity contribution is -0.120. The molecule has 0 saturated carbocycles. The monoisotopic (exact) mass is 307 g/mol. The molecule has 0 radical (unpaired) electrons. The average molecular weight is 307 g/mol. The molecule has 0 unspecified atom stereocenters. The van der Waals surface area contributed by atoms with E-state index in [0.29, 0.717) is 12.1 Å².